The molecular formula is C14H24N2O3S2. The molecule has 0 spiro atoms. The molecule has 0 saturated carbocycles. The minimum Gasteiger partial charge on any atom is -0.323 e. The number of amides is 1. The first-order valence-electron chi connectivity index (χ1n) is 7.31. The van der Waals surface area contributed by atoms with Crippen molar-refractivity contribution in [2.75, 3.05) is 24.3 Å². The zero-order valence-electron chi connectivity index (χ0n) is 13.0. The fourth-order valence-electron chi connectivity index (χ4n) is 2.80. The lowest BCUT2D eigenvalue weighted by Crippen LogP contribution is -2.54. The van der Waals surface area contributed by atoms with Crippen molar-refractivity contribution in [1.82, 2.24) is 4.90 Å². The van der Waals surface area contributed by atoms with Gasteiger partial charge in [0.25, 0.3) is 0 Å². The lowest BCUT2D eigenvalue weighted by Gasteiger charge is -2.39. The Kier molecular flexibility index (Phi) is 6.54. The smallest absolute Gasteiger partial charge is 0.244 e. The molecule has 0 aromatic carbocycles. The standard InChI is InChI=1S/C14H24N2O3S2/c1-4-6-14(11-15,7-5-2)13(17)16-8-9-20-10-12(16)21(3,18)19/h12H,4-10H2,1-3H3. The first kappa shape index (κ1) is 18.3. The number of hydrogen-bond acceptors (Lipinski definition) is 5. The third-order valence-corrected chi connectivity index (χ3v) is 6.46. The number of carbonyl (C=O) groups excluding carboxylic acids is 1. The quantitative estimate of drug-likeness (QED) is 0.744. The lowest BCUT2D eigenvalue weighted by molar-refractivity contribution is -0.140. The van der Waals surface area contributed by atoms with Crippen molar-refractivity contribution in [1.29, 1.82) is 5.26 Å². The Morgan fingerprint density at radius 2 is 1.95 bits per heavy atom. The van der Waals surface area contributed by atoms with Crippen molar-refractivity contribution < 1.29 is 13.2 Å². The van der Waals surface area contributed by atoms with E-state index in [0.717, 1.165) is 24.9 Å². The molecule has 1 heterocycles. The number of carbonyl (C=O) groups is 1. The van der Waals surface area contributed by atoms with Gasteiger partial charge in [-0.05, 0) is 12.8 Å². The Labute approximate surface area is 132 Å². The van der Waals surface area contributed by atoms with Crippen LogP contribution < -0.4 is 0 Å². The highest BCUT2D eigenvalue weighted by Gasteiger charge is 2.45. The summed E-state index contributed by atoms with van der Waals surface area (Å²) in [6, 6.07) is 2.19. The van der Waals surface area contributed by atoms with Gasteiger partial charge in [-0.1, -0.05) is 26.7 Å². The Morgan fingerprint density at radius 1 is 1.38 bits per heavy atom. The van der Waals surface area contributed by atoms with Crippen molar-refractivity contribution in [3.63, 3.8) is 0 Å². The van der Waals surface area contributed by atoms with Crippen LogP contribution in [0.4, 0.5) is 0 Å². The molecule has 1 unspecified atom stereocenters. The highest BCUT2D eigenvalue weighted by molar-refractivity contribution is 8.00. The van der Waals surface area contributed by atoms with E-state index in [-0.39, 0.29) is 5.91 Å². The first-order valence-corrected chi connectivity index (χ1v) is 10.4. The maximum atomic E-state index is 12.9. The van der Waals surface area contributed by atoms with Crippen molar-refractivity contribution in [3.8, 4) is 6.07 Å². The Morgan fingerprint density at radius 3 is 2.38 bits per heavy atom. The minimum atomic E-state index is -3.34. The average molecular weight is 332 g/mol. The minimum absolute atomic E-state index is 0.301. The number of nitriles is 1. The Balaban J connectivity index is 3.14. The van der Waals surface area contributed by atoms with Gasteiger partial charge in [0.2, 0.25) is 5.91 Å². The van der Waals surface area contributed by atoms with E-state index >= 15 is 0 Å². The molecule has 0 aromatic heterocycles. The largest absolute Gasteiger partial charge is 0.323 e. The third-order valence-electron chi connectivity index (χ3n) is 3.82. The highest BCUT2D eigenvalue weighted by atomic mass is 32.2. The van der Waals surface area contributed by atoms with Crippen LogP contribution in [0.3, 0.4) is 0 Å². The molecule has 0 aromatic rings. The van der Waals surface area contributed by atoms with Crippen molar-refractivity contribution in [3.05, 3.63) is 0 Å². The summed E-state index contributed by atoms with van der Waals surface area (Å²) in [6.45, 7) is 4.28. The summed E-state index contributed by atoms with van der Waals surface area (Å²) in [7, 11) is -3.34. The second-order valence-electron chi connectivity index (χ2n) is 5.55. The van der Waals surface area contributed by atoms with Crippen LogP contribution in [-0.2, 0) is 14.6 Å². The van der Waals surface area contributed by atoms with Crippen LogP contribution in [0.25, 0.3) is 0 Å². The number of sulfone groups is 1. The van der Waals surface area contributed by atoms with Gasteiger partial charge in [0.05, 0.1) is 6.07 Å². The molecule has 1 saturated heterocycles. The van der Waals surface area contributed by atoms with E-state index in [1.54, 1.807) is 11.8 Å². The third kappa shape index (κ3) is 4.13. The van der Waals surface area contributed by atoms with E-state index in [2.05, 4.69) is 6.07 Å². The monoisotopic (exact) mass is 332 g/mol. The van der Waals surface area contributed by atoms with Crippen molar-refractivity contribution in [2.45, 2.75) is 44.9 Å². The van der Waals surface area contributed by atoms with Gasteiger partial charge in [0.1, 0.15) is 10.8 Å². The number of rotatable bonds is 6. The summed E-state index contributed by atoms with van der Waals surface area (Å²) in [4.78, 5) is 14.3. The van der Waals surface area contributed by atoms with Gasteiger partial charge >= 0.3 is 0 Å². The Bertz CT molecular complexity index is 505. The van der Waals surface area contributed by atoms with E-state index in [1.165, 1.54) is 4.90 Å². The highest BCUT2D eigenvalue weighted by Crippen LogP contribution is 2.34. The molecule has 1 aliphatic rings. The summed E-state index contributed by atoms with van der Waals surface area (Å²) < 4.78 is 23.9. The van der Waals surface area contributed by atoms with Gasteiger partial charge in [-0.25, -0.2) is 8.42 Å². The number of thioether (sulfide) groups is 1. The topological polar surface area (TPSA) is 78.2 Å². The SMILES string of the molecule is CCCC(C#N)(CCC)C(=O)N1CCSCC1S(C)(=O)=O. The second-order valence-corrected chi connectivity index (χ2v) is 8.90. The van der Waals surface area contributed by atoms with Crippen LogP contribution in [0.1, 0.15) is 39.5 Å². The predicted molar refractivity (Wildman–Crippen MR) is 85.5 cm³/mol. The zero-order chi connectivity index (χ0) is 16.1. The molecule has 1 atom stereocenters. The van der Waals surface area contributed by atoms with Crippen molar-refractivity contribution in [2.24, 2.45) is 5.41 Å². The summed E-state index contributed by atoms with van der Waals surface area (Å²) in [5.41, 5.74) is -1.07. The molecule has 0 bridgehead atoms. The van der Waals surface area contributed by atoms with Gasteiger partial charge in [-0.3, -0.25) is 4.79 Å². The summed E-state index contributed by atoms with van der Waals surface area (Å²) in [5, 5.41) is 8.78. The molecule has 5 nitrogen and oxygen atoms in total. The number of hydrogen-bond donors (Lipinski definition) is 0. The normalized spacial score (nSPS) is 20.1. The predicted octanol–water partition coefficient (Wildman–Crippen LogP) is 2.04. The van der Waals surface area contributed by atoms with E-state index in [0.29, 0.717) is 25.1 Å². The first-order chi connectivity index (χ1) is 9.82. The van der Waals surface area contributed by atoms with Gasteiger partial charge in [-0.15, -0.1) is 0 Å². The number of nitrogens with zero attached hydrogens (tertiary/aromatic N) is 2. The van der Waals surface area contributed by atoms with Crippen LogP contribution in [0, 0.1) is 16.7 Å². The molecule has 0 radical (unpaired) electrons. The van der Waals surface area contributed by atoms with Crippen LogP contribution >= 0.6 is 11.8 Å². The van der Waals surface area contributed by atoms with E-state index in [4.69, 9.17) is 0 Å². The van der Waals surface area contributed by atoms with Gasteiger partial charge in [0.15, 0.2) is 9.84 Å². The van der Waals surface area contributed by atoms with E-state index in [9.17, 15) is 18.5 Å². The fraction of sp³-hybridized carbons (Fsp3) is 0.857. The maximum absolute atomic E-state index is 12.9. The fourth-order valence-corrected chi connectivity index (χ4v) is 5.61. The van der Waals surface area contributed by atoms with E-state index in [1.807, 2.05) is 13.8 Å². The molecule has 1 rings (SSSR count). The van der Waals surface area contributed by atoms with Gasteiger partial charge in [-0.2, -0.15) is 17.0 Å². The molecule has 0 aliphatic carbocycles. The lowest BCUT2D eigenvalue weighted by atomic mass is 9.79. The molecule has 1 fully saturated rings. The van der Waals surface area contributed by atoms with Gasteiger partial charge < -0.3 is 4.90 Å². The molecule has 1 aliphatic heterocycles. The van der Waals surface area contributed by atoms with Crippen LogP contribution in [0.15, 0.2) is 0 Å². The molecule has 0 N–H and O–H groups in total. The molecule has 7 heteroatoms. The van der Waals surface area contributed by atoms with Crippen LogP contribution in [-0.4, -0.2) is 48.9 Å². The molecule has 1 amide bonds. The summed E-state index contributed by atoms with van der Waals surface area (Å²) >= 11 is 1.54. The maximum Gasteiger partial charge on any atom is 0.244 e. The molecular weight excluding hydrogens is 308 g/mol. The van der Waals surface area contributed by atoms with Crippen molar-refractivity contribution >= 4 is 27.5 Å². The van der Waals surface area contributed by atoms with Crippen LogP contribution in [0.2, 0.25) is 0 Å². The molecule has 21 heavy (non-hydrogen) atoms. The Hall–Kier alpha value is -0.740. The van der Waals surface area contributed by atoms with Crippen LogP contribution in [0.5, 0.6) is 0 Å². The second kappa shape index (κ2) is 7.50. The van der Waals surface area contributed by atoms with Gasteiger partial charge in [0, 0.05) is 24.3 Å². The zero-order valence-corrected chi connectivity index (χ0v) is 14.6. The average Bonchev–Trinajstić information content (AvgIpc) is 2.45. The van der Waals surface area contributed by atoms with E-state index < -0.39 is 20.6 Å². The molecule has 120 valence electrons. The summed E-state index contributed by atoms with van der Waals surface area (Å²) in [5.74, 6) is 0.811. The summed E-state index contributed by atoms with van der Waals surface area (Å²) in [6.07, 6.45) is 3.58.